The Hall–Kier alpha value is -3.15. The summed E-state index contributed by atoms with van der Waals surface area (Å²) < 4.78 is 9.36. The van der Waals surface area contributed by atoms with Crippen molar-refractivity contribution in [2.75, 3.05) is 19.5 Å². The van der Waals surface area contributed by atoms with E-state index in [9.17, 15) is 14.4 Å². The Morgan fingerprint density at radius 2 is 1.40 bits per heavy atom. The number of esters is 2. The van der Waals surface area contributed by atoms with E-state index in [1.165, 1.54) is 32.4 Å². The highest BCUT2D eigenvalue weighted by Crippen LogP contribution is 2.21. The second-order valence-corrected chi connectivity index (χ2v) is 5.40. The summed E-state index contributed by atoms with van der Waals surface area (Å²) in [5, 5.41) is 2.72. The number of carbonyl (C=O) groups is 3. The first-order valence-corrected chi connectivity index (χ1v) is 7.63. The lowest BCUT2D eigenvalue weighted by atomic mass is 10.00. The van der Waals surface area contributed by atoms with Crippen LogP contribution in [0.2, 0.25) is 0 Å². The maximum Gasteiger partial charge on any atom is 0.337 e. The normalized spacial score (nSPS) is 11.3. The molecule has 0 aliphatic carbocycles. The van der Waals surface area contributed by atoms with Crippen molar-refractivity contribution in [2.45, 2.75) is 12.8 Å². The molecule has 0 bridgehead atoms. The minimum Gasteiger partial charge on any atom is -0.465 e. The molecule has 2 rings (SSSR count). The molecule has 0 radical (unpaired) electrons. The van der Waals surface area contributed by atoms with Gasteiger partial charge in [0, 0.05) is 5.69 Å². The Bertz CT molecular complexity index is 751. The highest BCUT2D eigenvalue weighted by atomic mass is 16.5. The van der Waals surface area contributed by atoms with Gasteiger partial charge < -0.3 is 14.8 Å². The van der Waals surface area contributed by atoms with Crippen LogP contribution in [0.4, 0.5) is 5.69 Å². The van der Waals surface area contributed by atoms with E-state index in [-0.39, 0.29) is 17.0 Å². The number of carbonyl (C=O) groups excluding carboxylic acids is 3. The van der Waals surface area contributed by atoms with Crippen LogP contribution in [-0.2, 0) is 14.3 Å². The predicted octanol–water partition coefficient (Wildman–Crippen LogP) is 3.00. The molecule has 130 valence electrons. The highest BCUT2D eigenvalue weighted by molar-refractivity contribution is 6.00. The van der Waals surface area contributed by atoms with E-state index >= 15 is 0 Å². The number of hydrogen-bond acceptors (Lipinski definition) is 5. The van der Waals surface area contributed by atoms with E-state index < -0.39 is 17.9 Å². The third-order valence-electron chi connectivity index (χ3n) is 3.74. The summed E-state index contributed by atoms with van der Waals surface area (Å²) in [5.41, 5.74) is 1.47. The van der Waals surface area contributed by atoms with Crippen molar-refractivity contribution in [3.63, 3.8) is 0 Å². The van der Waals surface area contributed by atoms with Gasteiger partial charge in [0.25, 0.3) is 0 Å². The van der Waals surface area contributed by atoms with Crippen LogP contribution in [0.3, 0.4) is 0 Å². The molecule has 1 amide bonds. The van der Waals surface area contributed by atoms with Gasteiger partial charge in [0.05, 0.1) is 31.3 Å². The van der Waals surface area contributed by atoms with Crippen LogP contribution >= 0.6 is 0 Å². The second-order valence-electron chi connectivity index (χ2n) is 5.40. The maximum atomic E-state index is 12.5. The first-order valence-electron chi connectivity index (χ1n) is 7.63. The third-order valence-corrected chi connectivity index (χ3v) is 3.74. The Labute approximate surface area is 145 Å². The van der Waals surface area contributed by atoms with E-state index in [0.29, 0.717) is 5.69 Å². The van der Waals surface area contributed by atoms with Gasteiger partial charge in [-0.2, -0.15) is 0 Å². The van der Waals surface area contributed by atoms with Gasteiger partial charge in [-0.1, -0.05) is 30.3 Å². The molecule has 6 heteroatoms. The average molecular weight is 341 g/mol. The molecule has 2 aromatic carbocycles. The summed E-state index contributed by atoms with van der Waals surface area (Å²) in [6, 6.07) is 13.6. The number of rotatable bonds is 5. The molecule has 0 spiro atoms. The molecule has 0 aliphatic rings. The fourth-order valence-corrected chi connectivity index (χ4v) is 2.31. The summed E-state index contributed by atoms with van der Waals surface area (Å²) >= 11 is 0. The zero-order valence-corrected chi connectivity index (χ0v) is 14.2. The van der Waals surface area contributed by atoms with Crippen molar-refractivity contribution < 1.29 is 23.9 Å². The topological polar surface area (TPSA) is 81.7 Å². The van der Waals surface area contributed by atoms with Gasteiger partial charge in [-0.05, 0) is 30.7 Å². The summed E-state index contributed by atoms with van der Waals surface area (Å²) in [5.74, 6) is -1.89. The minimum absolute atomic E-state index is 0.146. The molecule has 0 fully saturated rings. The number of nitrogens with one attached hydrogen (secondary N) is 1. The lowest BCUT2D eigenvalue weighted by Gasteiger charge is -2.14. The van der Waals surface area contributed by atoms with E-state index in [2.05, 4.69) is 14.8 Å². The highest BCUT2D eigenvalue weighted by Gasteiger charge is 2.18. The summed E-state index contributed by atoms with van der Waals surface area (Å²) in [7, 11) is 2.48. The van der Waals surface area contributed by atoms with E-state index in [4.69, 9.17) is 0 Å². The predicted molar refractivity (Wildman–Crippen MR) is 92.6 cm³/mol. The van der Waals surface area contributed by atoms with Gasteiger partial charge in [0.1, 0.15) is 0 Å². The molecule has 1 unspecified atom stereocenters. The zero-order chi connectivity index (χ0) is 18.4. The standard InChI is InChI=1S/C19H19NO5/c1-12(13-7-5-4-6-8-13)17(21)20-16-10-14(18(22)24-2)9-15(11-16)19(23)25-3/h4-12H,1-3H3,(H,20,21). The Kier molecular flexibility index (Phi) is 5.89. The molecule has 0 aromatic heterocycles. The quantitative estimate of drug-likeness (QED) is 0.846. The van der Waals surface area contributed by atoms with Crippen molar-refractivity contribution >= 4 is 23.5 Å². The van der Waals surface area contributed by atoms with Gasteiger partial charge in [-0.25, -0.2) is 9.59 Å². The van der Waals surface area contributed by atoms with E-state index in [1.807, 2.05) is 30.3 Å². The van der Waals surface area contributed by atoms with Crippen LogP contribution in [0.1, 0.15) is 39.1 Å². The summed E-state index contributed by atoms with van der Waals surface area (Å²) in [6.07, 6.45) is 0. The van der Waals surface area contributed by atoms with Gasteiger partial charge in [-0.3, -0.25) is 4.79 Å². The van der Waals surface area contributed by atoms with Crippen LogP contribution < -0.4 is 5.32 Å². The number of ether oxygens (including phenoxy) is 2. The number of anilines is 1. The van der Waals surface area contributed by atoms with Crippen molar-refractivity contribution in [2.24, 2.45) is 0 Å². The smallest absolute Gasteiger partial charge is 0.337 e. The average Bonchev–Trinajstić information content (AvgIpc) is 2.66. The Morgan fingerprint density at radius 1 is 0.880 bits per heavy atom. The lowest BCUT2D eigenvalue weighted by molar-refractivity contribution is -0.117. The minimum atomic E-state index is -0.614. The third kappa shape index (κ3) is 4.44. The molecule has 1 atom stereocenters. The number of hydrogen-bond donors (Lipinski definition) is 1. The van der Waals surface area contributed by atoms with Crippen LogP contribution in [0, 0.1) is 0 Å². The van der Waals surface area contributed by atoms with Crippen LogP contribution in [0.25, 0.3) is 0 Å². The molecule has 0 heterocycles. The van der Waals surface area contributed by atoms with Gasteiger partial charge in [-0.15, -0.1) is 0 Å². The lowest BCUT2D eigenvalue weighted by Crippen LogP contribution is -2.19. The molecule has 2 aromatic rings. The molecular formula is C19H19NO5. The SMILES string of the molecule is COC(=O)c1cc(NC(=O)C(C)c2ccccc2)cc(C(=O)OC)c1. The largest absolute Gasteiger partial charge is 0.465 e. The molecule has 25 heavy (non-hydrogen) atoms. The Balaban J connectivity index is 2.29. The molecule has 1 N–H and O–H groups in total. The number of benzene rings is 2. The van der Waals surface area contributed by atoms with E-state index in [1.54, 1.807) is 6.92 Å². The fourth-order valence-electron chi connectivity index (χ4n) is 2.31. The van der Waals surface area contributed by atoms with Gasteiger partial charge >= 0.3 is 11.9 Å². The van der Waals surface area contributed by atoms with Crippen LogP contribution in [0.5, 0.6) is 0 Å². The van der Waals surface area contributed by atoms with Gasteiger partial charge in [0.2, 0.25) is 5.91 Å². The van der Waals surface area contributed by atoms with Crippen LogP contribution in [0.15, 0.2) is 48.5 Å². The van der Waals surface area contributed by atoms with E-state index in [0.717, 1.165) is 5.56 Å². The monoisotopic (exact) mass is 341 g/mol. The van der Waals surface area contributed by atoms with Gasteiger partial charge in [0.15, 0.2) is 0 Å². The molecule has 0 saturated carbocycles. The fraction of sp³-hybridized carbons (Fsp3) is 0.211. The maximum absolute atomic E-state index is 12.5. The molecule has 0 aliphatic heterocycles. The summed E-state index contributed by atoms with van der Waals surface area (Å²) in [4.78, 5) is 36.0. The second kappa shape index (κ2) is 8.10. The van der Waals surface area contributed by atoms with Crippen molar-refractivity contribution in [1.82, 2.24) is 0 Å². The van der Waals surface area contributed by atoms with Crippen molar-refractivity contribution in [1.29, 1.82) is 0 Å². The number of amides is 1. The summed E-state index contributed by atoms with van der Waals surface area (Å²) in [6.45, 7) is 1.77. The van der Waals surface area contributed by atoms with Crippen LogP contribution in [-0.4, -0.2) is 32.1 Å². The molecular weight excluding hydrogens is 322 g/mol. The first kappa shape index (κ1) is 18.2. The van der Waals surface area contributed by atoms with Crippen molar-refractivity contribution in [3.8, 4) is 0 Å². The van der Waals surface area contributed by atoms with Crippen molar-refractivity contribution in [3.05, 3.63) is 65.2 Å². The number of methoxy groups -OCH3 is 2. The molecule has 0 saturated heterocycles. The zero-order valence-electron chi connectivity index (χ0n) is 14.2. The first-order chi connectivity index (χ1) is 12.0. The Morgan fingerprint density at radius 3 is 1.88 bits per heavy atom. The molecule has 6 nitrogen and oxygen atoms in total.